The van der Waals surface area contributed by atoms with Gasteiger partial charge in [-0.3, -0.25) is 14.5 Å². The molecule has 0 spiro atoms. The van der Waals surface area contributed by atoms with Gasteiger partial charge in [-0.1, -0.05) is 44.9 Å². The van der Waals surface area contributed by atoms with Crippen LogP contribution in [0.2, 0.25) is 0 Å². The standard InChI is InChI=1S/C24H36N4O3/c1-4-18(5-2)23(28-10-12-31-13-11-28)16-26-24(30)22(27-17(3)29)14-19-15-25-21-9-7-6-8-20(19)21/h6-9,15,18,22-23,25H,4-5,10-14,16H2,1-3H3,(H,26,30)(H,27,29). The molecule has 2 unspecified atom stereocenters. The number of carbonyl (C=O) groups is 2. The molecule has 1 saturated heterocycles. The molecule has 1 aromatic heterocycles. The number of aromatic nitrogens is 1. The second-order valence-electron chi connectivity index (χ2n) is 8.35. The van der Waals surface area contributed by atoms with Crippen molar-refractivity contribution in [2.45, 2.75) is 52.1 Å². The summed E-state index contributed by atoms with van der Waals surface area (Å²) in [6.45, 7) is 9.70. The Morgan fingerprint density at radius 2 is 1.87 bits per heavy atom. The van der Waals surface area contributed by atoms with E-state index in [2.05, 4.69) is 34.4 Å². The Bertz CT molecular complexity index is 855. The molecular weight excluding hydrogens is 392 g/mol. The Kier molecular flexibility index (Phi) is 8.49. The van der Waals surface area contributed by atoms with Crippen molar-refractivity contribution in [3.8, 4) is 0 Å². The fourth-order valence-corrected chi connectivity index (χ4v) is 4.64. The Morgan fingerprint density at radius 3 is 2.55 bits per heavy atom. The molecule has 7 nitrogen and oxygen atoms in total. The van der Waals surface area contributed by atoms with E-state index in [9.17, 15) is 9.59 Å². The average Bonchev–Trinajstić information content (AvgIpc) is 3.19. The van der Waals surface area contributed by atoms with Gasteiger partial charge in [0.1, 0.15) is 6.04 Å². The highest BCUT2D eigenvalue weighted by Gasteiger charge is 2.29. The van der Waals surface area contributed by atoms with Gasteiger partial charge in [0.05, 0.1) is 13.2 Å². The zero-order valence-electron chi connectivity index (χ0n) is 18.9. The first-order valence-electron chi connectivity index (χ1n) is 11.4. The fraction of sp³-hybridized carbons (Fsp3) is 0.583. The van der Waals surface area contributed by atoms with Gasteiger partial charge in [-0.05, 0) is 17.5 Å². The van der Waals surface area contributed by atoms with Gasteiger partial charge in [-0.25, -0.2) is 0 Å². The van der Waals surface area contributed by atoms with Gasteiger partial charge in [0.15, 0.2) is 0 Å². The van der Waals surface area contributed by atoms with Crippen LogP contribution in [0.15, 0.2) is 30.5 Å². The number of hydrogen-bond donors (Lipinski definition) is 3. The van der Waals surface area contributed by atoms with E-state index in [1.54, 1.807) is 0 Å². The molecule has 0 aliphatic carbocycles. The predicted molar refractivity (Wildman–Crippen MR) is 123 cm³/mol. The molecule has 31 heavy (non-hydrogen) atoms. The number of carbonyl (C=O) groups excluding carboxylic acids is 2. The maximum Gasteiger partial charge on any atom is 0.242 e. The van der Waals surface area contributed by atoms with E-state index < -0.39 is 6.04 Å². The van der Waals surface area contributed by atoms with Crippen molar-refractivity contribution in [1.29, 1.82) is 0 Å². The molecule has 0 bridgehead atoms. The normalized spacial score (nSPS) is 16.9. The van der Waals surface area contributed by atoms with Gasteiger partial charge < -0.3 is 20.4 Å². The van der Waals surface area contributed by atoms with Crippen molar-refractivity contribution < 1.29 is 14.3 Å². The number of amides is 2. The highest BCUT2D eigenvalue weighted by molar-refractivity contribution is 5.89. The van der Waals surface area contributed by atoms with E-state index in [0.717, 1.165) is 55.6 Å². The molecule has 2 amide bonds. The average molecular weight is 429 g/mol. The van der Waals surface area contributed by atoms with Crippen LogP contribution in [-0.2, 0) is 20.7 Å². The summed E-state index contributed by atoms with van der Waals surface area (Å²) in [7, 11) is 0. The summed E-state index contributed by atoms with van der Waals surface area (Å²) in [5, 5.41) is 7.07. The topological polar surface area (TPSA) is 86.5 Å². The van der Waals surface area contributed by atoms with Crippen LogP contribution in [0, 0.1) is 5.92 Å². The third kappa shape index (κ3) is 6.08. The SMILES string of the molecule is CCC(CC)C(CNC(=O)C(Cc1c[nH]c2ccccc12)NC(C)=O)N1CCOCC1. The van der Waals surface area contributed by atoms with Crippen LogP contribution >= 0.6 is 0 Å². The smallest absolute Gasteiger partial charge is 0.242 e. The number of ether oxygens (including phenoxy) is 1. The Labute approximate surface area is 184 Å². The highest BCUT2D eigenvalue weighted by atomic mass is 16.5. The van der Waals surface area contributed by atoms with E-state index in [0.29, 0.717) is 18.9 Å². The molecule has 3 N–H and O–H groups in total. The summed E-state index contributed by atoms with van der Waals surface area (Å²) < 4.78 is 5.52. The number of morpholine rings is 1. The van der Waals surface area contributed by atoms with Crippen molar-refractivity contribution >= 4 is 22.7 Å². The number of rotatable bonds is 10. The van der Waals surface area contributed by atoms with Crippen LogP contribution in [0.3, 0.4) is 0 Å². The molecule has 1 aliphatic heterocycles. The molecule has 1 fully saturated rings. The third-order valence-corrected chi connectivity index (χ3v) is 6.39. The van der Waals surface area contributed by atoms with Crippen LogP contribution in [0.4, 0.5) is 0 Å². The first-order valence-corrected chi connectivity index (χ1v) is 11.4. The molecule has 0 saturated carbocycles. The highest BCUT2D eigenvalue weighted by Crippen LogP contribution is 2.21. The zero-order valence-corrected chi connectivity index (χ0v) is 18.9. The lowest BCUT2D eigenvalue weighted by Crippen LogP contribution is -2.54. The Morgan fingerprint density at radius 1 is 1.16 bits per heavy atom. The van der Waals surface area contributed by atoms with E-state index in [1.807, 2.05) is 30.5 Å². The first kappa shape index (κ1) is 23.3. The Hall–Kier alpha value is -2.38. The summed E-state index contributed by atoms with van der Waals surface area (Å²) in [5.74, 6) is 0.167. The van der Waals surface area contributed by atoms with Gasteiger partial charge in [0.25, 0.3) is 0 Å². The molecule has 1 aliphatic rings. The largest absolute Gasteiger partial charge is 0.379 e. The van der Waals surface area contributed by atoms with Crippen LogP contribution < -0.4 is 10.6 Å². The fourth-order valence-electron chi connectivity index (χ4n) is 4.64. The van der Waals surface area contributed by atoms with Crippen molar-refractivity contribution in [2.24, 2.45) is 5.92 Å². The number of aromatic amines is 1. The molecule has 2 aromatic rings. The van der Waals surface area contributed by atoms with Gasteiger partial charge >= 0.3 is 0 Å². The van der Waals surface area contributed by atoms with Crippen molar-refractivity contribution in [2.75, 3.05) is 32.8 Å². The number of nitrogens with one attached hydrogen (secondary N) is 3. The third-order valence-electron chi connectivity index (χ3n) is 6.39. The molecule has 2 heterocycles. The van der Waals surface area contributed by atoms with Crippen molar-refractivity contribution in [1.82, 2.24) is 20.5 Å². The summed E-state index contributed by atoms with van der Waals surface area (Å²) in [5.41, 5.74) is 2.05. The Balaban J connectivity index is 1.70. The number of para-hydroxylation sites is 1. The van der Waals surface area contributed by atoms with Crippen LogP contribution in [-0.4, -0.2) is 66.6 Å². The number of benzene rings is 1. The van der Waals surface area contributed by atoms with E-state index in [1.165, 1.54) is 6.92 Å². The molecule has 7 heteroatoms. The van der Waals surface area contributed by atoms with E-state index >= 15 is 0 Å². The van der Waals surface area contributed by atoms with Gasteiger partial charge in [-0.2, -0.15) is 0 Å². The lowest BCUT2D eigenvalue weighted by Gasteiger charge is -2.39. The molecule has 2 atom stereocenters. The molecule has 170 valence electrons. The molecular formula is C24H36N4O3. The maximum absolute atomic E-state index is 13.1. The van der Waals surface area contributed by atoms with Crippen molar-refractivity contribution in [3.63, 3.8) is 0 Å². The molecule has 0 radical (unpaired) electrons. The second-order valence-corrected chi connectivity index (χ2v) is 8.35. The van der Waals surface area contributed by atoms with Gasteiger partial charge in [0.2, 0.25) is 11.8 Å². The minimum Gasteiger partial charge on any atom is -0.379 e. The maximum atomic E-state index is 13.1. The number of hydrogen-bond acceptors (Lipinski definition) is 4. The minimum atomic E-state index is -0.608. The lowest BCUT2D eigenvalue weighted by atomic mass is 9.92. The minimum absolute atomic E-state index is 0.135. The first-order chi connectivity index (χ1) is 15.0. The monoisotopic (exact) mass is 428 g/mol. The summed E-state index contributed by atoms with van der Waals surface area (Å²) in [4.78, 5) is 30.6. The van der Waals surface area contributed by atoms with E-state index in [4.69, 9.17) is 4.74 Å². The van der Waals surface area contributed by atoms with Crippen LogP contribution in [0.1, 0.15) is 39.2 Å². The van der Waals surface area contributed by atoms with Crippen LogP contribution in [0.5, 0.6) is 0 Å². The summed E-state index contributed by atoms with van der Waals surface area (Å²) in [6.07, 6.45) is 4.51. The summed E-state index contributed by atoms with van der Waals surface area (Å²) in [6, 6.07) is 7.66. The van der Waals surface area contributed by atoms with E-state index in [-0.39, 0.29) is 17.9 Å². The van der Waals surface area contributed by atoms with Gasteiger partial charge in [0, 0.05) is 56.1 Å². The van der Waals surface area contributed by atoms with Crippen molar-refractivity contribution in [3.05, 3.63) is 36.0 Å². The number of nitrogens with zero attached hydrogens (tertiary/aromatic N) is 1. The van der Waals surface area contributed by atoms with Gasteiger partial charge in [-0.15, -0.1) is 0 Å². The predicted octanol–water partition coefficient (Wildman–Crippen LogP) is 2.47. The molecule has 3 rings (SSSR count). The quantitative estimate of drug-likeness (QED) is 0.543. The molecule has 1 aromatic carbocycles. The number of H-pyrrole nitrogens is 1. The summed E-state index contributed by atoms with van der Waals surface area (Å²) >= 11 is 0. The zero-order chi connectivity index (χ0) is 22.2. The lowest BCUT2D eigenvalue weighted by molar-refractivity contribution is -0.128. The van der Waals surface area contributed by atoms with Crippen LogP contribution in [0.25, 0.3) is 10.9 Å². The number of fused-ring (bicyclic) bond motifs is 1. The second kappa shape index (κ2) is 11.3.